The van der Waals surface area contributed by atoms with Gasteiger partial charge < -0.3 is 4.74 Å². The number of fused-ring (bicyclic) bond motifs is 1. The highest BCUT2D eigenvalue weighted by Crippen LogP contribution is 2.69. The second-order valence-electron chi connectivity index (χ2n) is 9.77. The van der Waals surface area contributed by atoms with Crippen molar-refractivity contribution in [2.24, 2.45) is 39.5 Å². The average Bonchev–Trinajstić information content (AvgIpc) is 3.06. The van der Waals surface area contributed by atoms with Crippen LogP contribution in [-0.2, 0) is 9.53 Å². The number of carbonyl (C=O) groups excluding carboxylic acids is 1. The number of carbonyl (C=O) groups is 1. The number of ether oxygens (including phenoxy) is 1. The quantitative estimate of drug-likeness (QED) is 0.512. The summed E-state index contributed by atoms with van der Waals surface area (Å²) >= 11 is 0. The molecule has 4 aliphatic rings. The highest BCUT2D eigenvalue weighted by Gasteiger charge is 2.65. The van der Waals surface area contributed by atoms with Crippen molar-refractivity contribution in [1.82, 2.24) is 0 Å². The molecule has 1 heterocycles. The molecule has 0 aromatic heterocycles. The maximum Gasteiger partial charge on any atom is 0.305 e. The number of aliphatic imine (C=N–C) groups is 1. The molecule has 4 rings (SSSR count). The van der Waals surface area contributed by atoms with E-state index in [4.69, 9.17) is 9.73 Å². The zero-order chi connectivity index (χ0) is 18.5. The van der Waals surface area contributed by atoms with Crippen molar-refractivity contribution in [2.75, 3.05) is 7.11 Å². The minimum absolute atomic E-state index is 0.0610. The zero-order valence-electron chi connectivity index (χ0n) is 17.0. The number of hydrogen-bond acceptors (Lipinski definition) is 3. The predicted molar refractivity (Wildman–Crippen MR) is 105 cm³/mol. The van der Waals surface area contributed by atoms with Crippen LogP contribution in [0.25, 0.3) is 0 Å². The smallest absolute Gasteiger partial charge is 0.305 e. The topological polar surface area (TPSA) is 38.7 Å². The SMILES string of the molecule is COC(=O)CC[C@]12C3=CCC[C@@H]3CC[C@@H]3C=N[C@H]1[C@@H](C(C)C)CC[C@@]32C. The van der Waals surface area contributed by atoms with Gasteiger partial charge in [0.2, 0.25) is 0 Å². The number of hydrogen-bond donors (Lipinski definition) is 0. The van der Waals surface area contributed by atoms with Gasteiger partial charge in [0.05, 0.1) is 13.2 Å². The van der Waals surface area contributed by atoms with Crippen molar-refractivity contribution in [3.63, 3.8) is 0 Å². The molecule has 2 saturated carbocycles. The standard InChI is InChI=1S/C23H35NO2/c1-15(2)18-10-12-22(3)17-9-8-16-6-5-7-19(16)23(22,21(18)24-14-17)13-11-20(25)26-4/h7,14-18,21H,5-6,8-13H2,1-4H3/t16-,17-,18-,21+,22+,23+/m1/s1. The van der Waals surface area contributed by atoms with Gasteiger partial charge in [0.25, 0.3) is 0 Å². The summed E-state index contributed by atoms with van der Waals surface area (Å²) in [5.41, 5.74) is 1.98. The molecule has 0 spiro atoms. The van der Waals surface area contributed by atoms with Crippen molar-refractivity contribution in [2.45, 2.75) is 78.2 Å². The zero-order valence-corrected chi connectivity index (χ0v) is 17.0. The second-order valence-corrected chi connectivity index (χ2v) is 9.77. The molecular formula is C23H35NO2. The first-order valence-electron chi connectivity index (χ1n) is 10.7. The first-order chi connectivity index (χ1) is 12.4. The van der Waals surface area contributed by atoms with Gasteiger partial charge in [-0.15, -0.1) is 0 Å². The van der Waals surface area contributed by atoms with Crippen LogP contribution in [0.3, 0.4) is 0 Å². The third kappa shape index (κ3) is 2.38. The highest BCUT2D eigenvalue weighted by molar-refractivity contribution is 5.70. The van der Waals surface area contributed by atoms with E-state index in [1.165, 1.54) is 45.6 Å². The molecule has 144 valence electrons. The van der Waals surface area contributed by atoms with Gasteiger partial charge >= 0.3 is 5.97 Å². The molecule has 3 nitrogen and oxygen atoms in total. The molecule has 3 aliphatic carbocycles. The Morgan fingerprint density at radius 3 is 2.85 bits per heavy atom. The molecule has 26 heavy (non-hydrogen) atoms. The van der Waals surface area contributed by atoms with E-state index >= 15 is 0 Å². The average molecular weight is 358 g/mol. The molecular weight excluding hydrogens is 322 g/mol. The van der Waals surface area contributed by atoms with Gasteiger partial charge in [-0.2, -0.15) is 0 Å². The van der Waals surface area contributed by atoms with Crippen LogP contribution < -0.4 is 0 Å². The predicted octanol–water partition coefficient (Wildman–Crippen LogP) is 5.20. The van der Waals surface area contributed by atoms with Crippen molar-refractivity contribution >= 4 is 12.2 Å². The Kier molecular flexibility index (Phi) is 4.56. The van der Waals surface area contributed by atoms with Gasteiger partial charge in [0.1, 0.15) is 0 Å². The lowest BCUT2D eigenvalue weighted by molar-refractivity contribution is -0.143. The van der Waals surface area contributed by atoms with Gasteiger partial charge in [-0.3, -0.25) is 9.79 Å². The van der Waals surface area contributed by atoms with E-state index in [2.05, 4.69) is 33.1 Å². The molecule has 0 radical (unpaired) electrons. The minimum atomic E-state index is -0.0624. The third-order valence-corrected chi connectivity index (χ3v) is 8.64. The maximum atomic E-state index is 12.1. The number of allylic oxidation sites excluding steroid dienone is 1. The van der Waals surface area contributed by atoms with E-state index in [9.17, 15) is 4.79 Å². The van der Waals surface area contributed by atoms with E-state index < -0.39 is 0 Å². The summed E-state index contributed by atoms with van der Waals surface area (Å²) in [6, 6.07) is 0.340. The second kappa shape index (κ2) is 6.49. The van der Waals surface area contributed by atoms with Gasteiger partial charge in [0, 0.05) is 24.0 Å². The Labute approximate surface area is 158 Å². The number of rotatable bonds is 4. The molecule has 4 bridgehead atoms. The molecule has 0 N–H and O–H groups in total. The van der Waals surface area contributed by atoms with Crippen molar-refractivity contribution < 1.29 is 9.53 Å². The first-order valence-corrected chi connectivity index (χ1v) is 10.7. The van der Waals surface area contributed by atoms with Crippen LogP contribution in [0, 0.1) is 34.5 Å². The van der Waals surface area contributed by atoms with E-state index in [0.717, 1.165) is 6.42 Å². The van der Waals surface area contributed by atoms with Crippen LogP contribution in [-0.4, -0.2) is 25.3 Å². The summed E-state index contributed by atoms with van der Waals surface area (Å²) in [5.74, 6) is 2.48. The molecule has 0 aromatic rings. The molecule has 0 amide bonds. The Hall–Kier alpha value is -1.12. The van der Waals surface area contributed by atoms with Gasteiger partial charge in [-0.1, -0.05) is 32.4 Å². The summed E-state index contributed by atoms with van der Waals surface area (Å²) in [4.78, 5) is 17.4. The lowest BCUT2D eigenvalue weighted by Crippen LogP contribution is -2.61. The Balaban J connectivity index is 1.86. The summed E-state index contributed by atoms with van der Waals surface area (Å²) < 4.78 is 5.05. The summed E-state index contributed by atoms with van der Waals surface area (Å²) in [7, 11) is 1.52. The Morgan fingerprint density at radius 1 is 1.31 bits per heavy atom. The Morgan fingerprint density at radius 2 is 2.12 bits per heavy atom. The molecule has 3 heteroatoms. The normalized spacial score (nSPS) is 43.7. The lowest BCUT2D eigenvalue weighted by atomic mass is 9.43. The fourth-order valence-electron chi connectivity index (χ4n) is 7.23. The van der Waals surface area contributed by atoms with Crippen LogP contribution in [0.5, 0.6) is 0 Å². The molecule has 0 saturated heterocycles. The third-order valence-electron chi connectivity index (χ3n) is 8.64. The van der Waals surface area contributed by atoms with Crippen LogP contribution in [0.15, 0.2) is 16.6 Å². The monoisotopic (exact) mass is 357 g/mol. The summed E-state index contributed by atoms with van der Waals surface area (Å²) in [6.07, 6.45) is 14.0. The molecule has 2 fully saturated rings. The van der Waals surface area contributed by atoms with E-state index in [1.807, 2.05) is 0 Å². The molecule has 6 atom stereocenters. The maximum absolute atomic E-state index is 12.1. The number of methoxy groups -OCH3 is 1. The fraction of sp³-hybridized carbons (Fsp3) is 0.826. The minimum Gasteiger partial charge on any atom is -0.469 e. The van der Waals surface area contributed by atoms with Crippen LogP contribution in [0.2, 0.25) is 0 Å². The Bertz CT molecular complexity index is 636. The molecule has 1 aliphatic heterocycles. The molecule has 0 aromatic carbocycles. The van der Waals surface area contributed by atoms with Gasteiger partial charge in [-0.05, 0) is 68.1 Å². The number of nitrogens with zero attached hydrogens (tertiary/aromatic N) is 1. The fourth-order valence-corrected chi connectivity index (χ4v) is 7.23. The first kappa shape index (κ1) is 18.3. The van der Waals surface area contributed by atoms with Crippen LogP contribution in [0.1, 0.15) is 72.1 Å². The summed E-state index contributed by atoms with van der Waals surface area (Å²) in [5, 5.41) is 0. The number of esters is 1. The van der Waals surface area contributed by atoms with Crippen LogP contribution >= 0.6 is 0 Å². The van der Waals surface area contributed by atoms with Crippen molar-refractivity contribution in [1.29, 1.82) is 0 Å². The van der Waals surface area contributed by atoms with E-state index in [0.29, 0.717) is 36.1 Å². The largest absolute Gasteiger partial charge is 0.469 e. The summed E-state index contributed by atoms with van der Waals surface area (Å²) in [6.45, 7) is 7.26. The van der Waals surface area contributed by atoms with Crippen molar-refractivity contribution in [3.8, 4) is 0 Å². The van der Waals surface area contributed by atoms with Crippen LogP contribution in [0.4, 0.5) is 0 Å². The van der Waals surface area contributed by atoms with E-state index in [-0.39, 0.29) is 16.8 Å². The van der Waals surface area contributed by atoms with Crippen molar-refractivity contribution in [3.05, 3.63) is 11.6 Å². The lowest BCUT2D eigenvalue weighted by Gasteiger charge is -2.63. The van der Waals surface area contributed by atoms with Gasteiger partial charge in [0.15, 0.2) is 0 Å². The van der Waals surface area contributed by atoms with E-state index in [1.54, 1.807) is 5.57 Å². The molecule has 0 unspecified atom stereocenters. The van der Waals surface area contributed by atoms with Gasteiger partial charge in [-0.25, -0.2) is 0 Å². The highest BCUT2D eigenvalue weighted by atomic mass is 16.5.